The van der Waals surface area contributed by atoms with Gasteiger partial charge in [-0.15, -0.1) is 0 Å². The second kappa shape index (κ2) is 5.91. The smallest absolute Gasteiger partial charge is 0.313 e. The number of esters is 1. The maximum Gasteiger partial charge on any atom is 0.313 e. The van der Waals surface area contributed by atoms with Crippen LogP contribution in [-0.4, -0.2) is 18.4 Å². The minimum Gasteiger partial charge on any atom is -0.466 e. The predicted octanol–water partition coefficient (Wildman–Crippen LogP) is 1.62. The van der Waals surface area contributed by atoms with Crippen molar-refractivity contribution < 1.29 is 14.3 Å². The van der Waals surface area contributed by atoms with E-state index < -0.39 is 5.97 Å². The van der Waals surface area contributed by atoms with Crippen molar-refractivity contribution >= 4 is 11.8 Å². The van der Waals surface area contributed by atoms with Gasteiger partial charge in [0.25, 0.3) is 0 Å². The summed E-state index contributed by atoms with van der Waals surface area (Å²) in [4.78, 5) is 22.4. The Morgan fingerprint density at radius 3 is 2.47 bits per heavy atom. The molecule has 15 heavy (non-hydrogen) atoms. The van der Waals surface area contributed by atoms with E-state index in [9.17, 15) is 9.59 Å². The van der Waals surface area contributed by atoms with Crippen LogP contribution in [0.1, 0.15) is 23.7 Å². The van der Waals surface area contributed by atoms with Gasteiger partial charge < -0.3 is 4.74 Å². The van der Waals surface area contributed by atoms with E-state index in [-0.39, 0.29) is 12.2 Å². The zero-order chi connectivity index (χ0) is 10.4. The monoisotopic (exact) mass is 443 g/mol. The van der Waals surface area contributed by atoms with E-state index in [4.69, 9.17) is 0 Å². The van der Waals surface area contributed by atoms with Crippen molar-refractivity contribution in [1.82, 2.24) is 0 Å². The van der Waals surface area contributed by atoms with E-state index in [0.29, 0.717) is 12.2 Å². The van der Waals surface area contributed by atoms with Crippen LogP contribution in [0, 0.1) is 6.07 Å². The molecule has 0 fully saturated rings. The van der Waals surface area contributed by atoms with Gasteiger partial charge in [0.05, 0.1) is 6.61 Å². The number of rotatable bonds is 4. The molecule has 0 saturated heterocycles. The molecule has 0 amide bonds. The van der Waals surface area contributed by atoms with E-state index in [0.717, 1.165) is 0 Å². The third-order valence-electron chi connectivity index (χ3n) is 1.65. The van der Waals surface area contributed by atoms with Crippen LogP contribution in [0.15, 0.2) is 24.3 Å². The third-order valence-corrected chi connectivity index (χ3v) is 1.65. The summed E-state index contributed by atoms with van der Waals surface area (Å²) in [5.41, 5.74) is 0.511. The molecule has 0 aliphatic rings. The number of benzene rings is 1. The average molecular weight is 443 g/mol. The quantitative estimate of drug-likeness (QED) is 0.308. The fourth-order valence-corrected chi connectivity index (χ4v) is 1.02. The topological polar surface area (TPSA) is 43.4 Å². The number of Topliss-reactive ketones (excluding diaryl/α,β-unsaturated/α-hetero) is 1. The molecule has 3 nitrogen and oxygen atoms in total. The second-order valence-electron chi connectivity index (χ2n) is 2.69. The number of ether oxygens (including phenoxy) is 1. The normalized spacial score (nSPS) is 8.87. The summed E-state index contributed by atoms with van der Waals surface area (Å²) < 4.78 is 4.67. The minimum atomic E-state index is -0.481. The van der Waals surface area contributed by atoms with Gasteiger partial charge in [-0.3, -0.25) is 9.59 Å². The third kappa shape index (κ3) is 3.72. The first-order valence-corrected chi connectivity index (χ1v) is 4.39. The Hall–Kier alpha value is -2.64. The Labute approximate surface area is 82.7 Å². The minimum absolute atomic E-state index is 0. The van der Waals surface area contributed by atoms with Crippen molar-refractivity contribution in [3.63, 3.8) is 0 Å². The Morgan fingerprint density at radius 1 is 1.33 bits per heavy atom. The van der Waals surface area contributed by atoms with Gasteiger partial charge in [0, 0.05) is 0 Å². The molecule has 0 aliphatic carbocycles. The number of carbonyl (C=O) groups excluding carboxylic acids is 2. The predicted molar refractivity (Wildman–Crippen MR) is 50.9 cm³/mol. The van der Waals surface area contributed by atoms with E-state index >= 15 is 0 Å². The van der Waals surface area contributed by atoms with Crippen molar-refractivity contribution in [3.8, 4) is 0 Å². The van der Waals surface area contributed by atoms with Crippen molar-refractivity contribution in [2.75, 3.05) is 6.61 Å². The fourth-order valence-electron chi connectivity index (χ4n) is 1.02. The molecule has 0 atom stereocenters. The molecule has 1 aromatic carbocycles. The van der Waals surface area contributed by atoms with E-state index in [1.807, 2.05) is 0 Å². The van der Waals surface area contributed by atoms with Gasteiger partial charge in [0.15, 0.2) is 0 Å². The molecule has 0 aliphatic heterocycles. The summed E-state index contributed by atoms with van der Waals surface area (Å²) in [7, 11) is 0. The molecule has 85 valence electrons. The van der Waals surface area contributed by atoms with Gasteiger partial charge in [-0.05, 0) is 6.92 Å². The van der Waals surface area contributed by atoms with Gasteiger partial charge in [-0.25, -0.2) is 0 Å². The fraction of sp³-hybridized carbons (Fsp3) is 0.273. The maximum atomic E-state index is 11.4. The molecule has 0 spiro atoms. The van der Waals surface area contributed by atoms with Gasteiger partial charge in [0.2, 0.25) is 0 Å². The summed E-state index contributed by atoms with van der Waals surface area (Å²) >= 11 is 0. The summed E-state index contributed by atoms with van der Waals surface area (Å²) in [6, 6.07) is 9.33. The molecule has 0 heterocycles. The van der Waals surface area contributed by atoms with Crippen molar-refractivity contribution in [3.05, 3.63) is 35.9 Å². The Bertz CT molecular complexity index is 322. The standard InChI is InChI=1S/C11H11O3.Es/c1-2-14-11(13)8-10(12)9-6-4-3-5-7-9;/h4-7H,2,8H2,1H3;/q-1;. The molecule has 0 aromatic heterocycles. The molecule has 1 aromatic rings. The van der Waals surface area contributed by atoms with Crippen LogP contribution >= 0.6 is 0 Å². The summed E-state index contributed by atoms with van der Waals surface area (Å²) in [6.07, 6.45) is -0.197. The van der Waals surface area contributed by atoms with E-state index in [2.05, 4.69) is 10.8 Å². The Balaban J connectivity index is 0.00000196. The first kappa shape index (κ1) is 12.4. The van der Waals surface area contributed by atoms with Gasteiger partial charge in [0.1, 0.15) is 12.2 Å². The zero-order valence-electron chi connectivity index (χ0n) is 8.25. The Kier molecular flexibility index (Phi) is 4.87. The second-order valence-corrected chi connectivity index (χ2v) is 2.69. The average Bonchev–Trinajstić information content (AvgIpc) is 2.19. The molecular weight excluding hydrogens is 432 g/mol. The Morgan fingerprint density at radius 2 is 1.93 bits per heavy atom. The summed E-state index contributed by atoms with van der Waals surface area (Å²) in [5, 5.41) is 0. The first-order chi connectivity index (χ1) is 6.74. The molecule has 0 saturated carbocycles. The molecule has 4 heteroatoms. The van der Waals surface area contributed by atoms with Crippen LogP contribution < -0.4 is 0 Å². The number of carbonyl (C=O) groups is 2. The van der Waals surface area contributed by atoms with Crippen molar-refractivity contribution in [1.29, 1.82) is 0 Å². The van der Waals surface area contributed by atoms with E-state index in [1.54, 1.807) is 31.2 Å². The van der Waals surface area contributed by atoms with Crippen LogP contribution in [0.2, 0.25) is 0 Å². The molecule has 0 unspecified atom stereocenters. The molecule has 1 radical (unpaired) electrons. The van der Waals surface area contributed by atoms with Gasteiger partial charge in [-0.1, -0.05) is 5.56 Å². The largest absolute Gasteiger partial charge is 0.466 e. The van der Waals surface area contributed by atoms with E-state index in [1.165, 1.54) is 0 Å². The summed E-state index contributed by atoms with van der Waals surface area (Å²) in [6.45, 7) is 2.01. The zero-order valence-corrected chi connectivity index (χ0v) is 10.8. The van der Waals surface area contributed by atoms with Crippen LogP contribution in [0.25, 0.3) is 0 Å². The maximum absolute atomic E-state index is 11.4. The molecule has 0 bridgehead atoms. The van der Waals surface area contributed by atoms with Crippen molar-refractivity contribution in [2.45, 2.75) is 13.3 Å². The molecule has 0 N–H and O–H groups in total. The number of hydrogen-bond acceptors (Lipinski definition) is 3. The van der Waals surface area contributed by atoms with Gasteiger partial charge >= 0.3 is 5.97 Å². The van der Waals surface area contributed by atoms with Crippen molar-refractivity contribution in [2.24, 2.45) is 0 Å². The van der Waals surface area contributed by atoms with Crippen LogP contribution in [-0.2, 0) is 9.53 Å². The summed E-state index contributed by atoms with van der Waals surface area (Å²) in [5.74, 6) is -0.706. The number of ketones is 1. The van der Waals surface area contributed by atoms with Crippen LogP contribution in [0.5, 0.6) is 0 Å². The number of hydrogen-bond donors (Lipinski definition) is 0. The molecular formula is C11H11EsO3-. The molecule has 1 rings (SSSR count). The van der Waals surface area contributed by atoms with Crippen LogP contribution in [0.4, 0.5) is 0 Å². The van der Waals surface area contributed by atoms with Crippen LogP contribution in [0.3, 0.4) is 0 Å². The van der Waals surface area contributed by atoms with Gasteiger partial charge in [-0.2, -0.15) is 30.3 Å². The SMILES string of the molecule is CCOC(=O)CC(=O)c1cc[c-]cc1.[Es]. The first-order valence-electron chi connectivity index (χ1n) is 4.39.